The molecule has 0 amide bonds. The molecule has 27 heavy (non-hydrogen) atoms. The summed E-state index contributed by atoms with van der Waals surface area (Å²) in [7, 11) is 0. The second-order valence-electron chi connectivity index (χ2n) is 6.36. The van der Waals surface area contributed by atoms with Crippen molar-refractivity contribution in [2.45, 2.75) is 39.0 Å². The zero-order valence-electron chi connectivity index (χ0n) is 14.4. The Balaban J connectivity index is 2.03. The van der Waals surface area contributed by atoms with E-state index >= 15 is 0 Å². The summed E-state index contributed by atoms with van der Waals surface area (Å²) in [6.45, 7) is 2.02. The van der Waals surface area contributed by atoms with Gasteiger partial charge in [-0.15, -0.1) is 13.2 Å². The van der Waals surface area contributed by atoms with Gasteiger partial charge in [0.05, 0.1) is 5.56 Å². The summed E-state index contributed by atoms with van der Waals surface area (Å²) < 4.78 is 83.6. The molecule has 0 saturated carbocycles. The molecule has 1 aliphatic rings. The van der Waals surface area contributed by atoms with Gasteiger partial charge in [0.1, 0.15) is 11.6 Å². The summed E-state index contributed by atoms with van der Waals surface area (Å²) in [5, 5.41) is 0. The van der Waals surface area contributed by atoms with Crippen LogP contribution in [0.5, 0.6) is 5.75 Å². The summed E-state index contributed by atoms with van der Waals surface area (Å²) in [5.74, 6) is -4.13. The van der Waals surface area contributed by atoms with Crippen molar-refractivity contribution < 1.29 is 31.1 Å². The summed E-state index contributed by atoms with van der Waals surface area (Å²) in [4.78, 5) is 0. The third kappa shape index (κ3) is 4.12. The van der Waals surface area contributed by atoms with Gasteiger partial charge in [0, 0.05) is 0 Å². The van der Waals surface area contributed by atoms with Crippen LogP contribution in [-0.4, -0.2) is 6.36 Å². The molecule has 0 saturated heterocycles. The van der Waals surface area contributed by atoms with E-state index in [9.17, 15) is 26.3 Å². The third-order valence-electron chi connectivity index (χ3n) is 4.43. The highest BCUT2D eigenvalue weighted by atomic mass is 19.4. The Kier molecular flexibility index (Phi) is 5.22. The van der Waals surface area contributed by atoms with Crippen LogP contribution in [0.2, 0.25) is 0 Å². The molecule has 1 aliphatic carbocycles. The fraction of sp³-hybridized carbons (Fsp3) is 0.300. The van der Waals surface area contributed by atoms with E-state index in [4.69, 9.17) is 0 Å². The van der Waals surface area contributed by atoms with Crippen LogP contribution in [0.25, 0.3) is 17.2 Å². The number of halogens is 6. The molecule has 0 spiro atoms. The van der Waals surface area contributed by atoms with Gasteiger partial charge in [0.2, 0.25) is 0 Å². The molecule has 0 atom stereocenters. The fourth-order valence-corrected chi connectivity index (χ4v) is 3.29. The average molecular weight is 386 g/mol. The third-order valence-corrected chi connectivity index (χ3v) is 4.43. The minimum absolute atomic E-state index is 0.192. The Bertz CT molecular complexity index is 898. The minimum Gasteiger partial charge on any atom is -0.403 e. The number of benzene rings is 2. The Morgan fingerprint density at radius 2 is 1.74 bits per heavy atom. The van der Waals surface area contributed by atoms with Gasteiger partial charge < -0.3 is 4.74 Å². The first-order chi connectivity index (χ1) is 12.7. The van der Waals surface area contributed by atoms with Gasteiger partial charge in [-0.2, -0.15) is 0 Å². The molecular formula is C20H16F6O. The van der Waals surface area contributed by atoms with Crippen LogP contribution >= 0.6 is 0 Å². The van der Waals surface area contributed by atoms with E-state index in [1.54, 1.807) is 6.08 Å². The summed E-state index contributed by atoms with van der Waals surface area (Å²) in [6.07, 6.45) is -0.494. The van der Waals surface area contributed by atoms with Crippen LogP contribution in [0.1, 0.15) is 37.3 Å². The molecule has 0 aromatic heterocycles. The van der Waals surface area contributed by atoms with Crippen LogP contribution < -0.4 is 4.74 Å². The maximum absolute atomic E-state index is 14.9. The van der Waals surface area contributed by atoms with Crippen molar-refractivity contribution in [2.24, 2.45) is 0 Å². The van der Waals surface area contributed by atoms with E-state index in [2.05, 4.69) is 4.74 Å². The van der Waals surface area contributed by atoms with Crippen molar-refractivity contribution in [3.05, 3.63) is 58.4 Å². The van der Waals surface area contributed by atoms with Gasteiger partial charge in [0.15, 0.2) is 11.6 Å². The molecule has 2 aromatic carbocycles. The number of hydrogen-bond donors (Lipinski definition) is 0. The van der Waals surface area contributed by atoms with Crippen molar-refractivity contribution in [1.29, 1.82) is 0 Å². The molecule has 2 aromatic rings. The first-order valence-electron chi connectivity index (χ1n) is 8.45. The van der Waals surface area contributed by atoms with Crippen LogP contribution in [-0.2, 0) is 6.42 Å². The molecule has 7 heteroatoms. The van der Waals surface area contributed by atoms with E-state index in [0.29, 0.717) is 36.1 Å². The smallest absolute Gasteiger partial charge is 0.403 e. The van der Waals surface area contributed by atoms with Crippen molar-refractivity contribution in [3.63, 3.8) is 0 Å². The van der Waals surface area contributed by atoms with Gasteiger partial charge in [-0.05, 0) is 54.2 Å². The molecule has 1 nitrogen and oxygen atoms in total. The van der Waals surface area contributed by atoms with E-state index in [1.165, 1.54) is 6.07 Å². The zero-order chi connectivity index (χ0) is 19.8. The lowest BCUT2D eigenvalue weighted by atomic mass is 9.87. The number of fused-ring (bicyclic) bond motifs is 1. The van der Waals surface area contributed by atoms with Crippen molar-refractivity contribution in [2.75, 3.05) is 0 Å². The highest BCUT2D eigenvalue weighted by Crippen LogP contribution is 2.37. The van der Waals surface area contributed by atoms with Gasteiger partial charge >= 0.3 is 6.36 Å². The molecule has 0 heterocycles. The van der Waals surface area contributed by atoms with E-state index in [1.807, 2.05) is 6.92 Å². The van der Waals surface area contributed by atoms with Crippen molar-refractivity contribution in [3.8, 4) is 16.9 Å². The van der Waals surface area contributed by atoms with Gasteiger partial charge in [-0.1, -0.05) is 31.1 Å². The average Bonchev–Trinajstić information content (AvgIpc) is 2.56. The van der Waals surface area contributed by atoms with Crippen LogP contribution in [0.15, 0.2) is 29.8 Å². The molecule has 0 unspecified atom stereocenters. The summed E-state index contributed by atoms with van der Waals surface area (Å²) in [6, 6.07) is 3.52. The first-order valence-corrected chi connectivity index (χ1v) is 8.45. The van der Waals surface area contributed by atoms with E-state index < -0.39 is 35.1 Å². The second-order valence-corrected chi connectivity index (χ2v) is 6.36. The van der Waals surface area contributed by atoms with E-state index in [-0.39, 0.29) is 5.56 Å². The second kappa shape index (κ2) is 7.29. The van der Waals surface area contributed by atoms with Crippen LogP contribution in [0.4, 0.5) is 26.3 Å². The molecule has 144 valence electrons. The minimum atomic E-state index is -5.06. The largest absolute Gasteiger partial charge is 0.573 e. The quantitative estimate of drug-likeness (QED) is 0.525. The monoisotopic (exact) mass is 386 g/mol. The normalized spacial score (nSPS) is 14.0. The number of ether oxygens (including phenoxy) is 1. The number of hydrogen-bond acceptors (Lipinski definition) is 1. The van der Waals surface area contributed by atoms with Crippen molar-refractivity contribution >= 4 is 6.08 Å². The maximum atomic E-state index is 14.9. The van der Waals surface area contributed by atoms with Gasteiger partial charge in [-0.25, -0.2) is 13.2 Å². The lowest BCUT2D eigenvalue weighted by Crippen LogP contribution is -2.18. The Labute approximate surface area is 152 Å². The lowest BCUT2D eigenvalue weighted by Gasteiger charge is -2.19. The lowest BCUT2D eigenvalue weighted by molar-refractivity contribution is -0.275. The molecular weight excluding hydrogens is 370 g/mol. The highest BCUT2D eigenvalue weighted by molar-refractivity contribution is 5.71. The van der Waals surface area contributed by atoms with Crippen molar-refractivity contribution in [1.82, 2.24) is 0 Å². The SMILES string of the molecule is CCCC1=Cc2cc(F)c(-c3ccc(OC(F)(F)F)c(F)c3)c(F)c2CC1. The molecule has 0 N–H and O–H groups in total. The van der Waals surface area contributed by atoms with E-state index in [0.717, 1.165) is 24.5 Å². The maximum Gasteiger partial charge on any atom is 0.573 e. The number of rotatable bonds is 4. The van der Waals surface area contributed by atoms with Crippen LogP contribution in [0, 0.1) is 17.5 Å². The molecule has 0 radical (unpaired) electrons. The zero-order valence-corrected chi connectivity index (χ0v) is 14.4. The Hall–Kier alpha value is -2.44. The first kappa shape index (κ1) is 19.3. The molecule has 3 rings (SSSR count). The Morgan fingerprint density at radius 3 is 2.37 bits per heavy atom. The molecule has 0 fully saturated rings. The van der Waals surface area contributed by atoms with Gasteiger partial charge in [0.25, 0.3) is 0 Å². The standard InChI is InChI=1S/C20H16F6O/c1-2-3-11-4-6-14-13(8-11)10-16(22)18(19(14)23)12-5-7-17(15(21)9-12)27-20(24,25)26/h5,7-10H,2-4,6H2,1H3. The Morgan fingerprint density at radius 1 is 1.00 bits per heavy atom. The molecule has 0 bridgehead atoms. The topological polar surface area (TPSA) is 9.23 Å². The molecule has 0 aliphatic heterocycles. The summed E-state index contributed by atoms with van der Waals surface area (Å²) >= 11 is 0. The predicted molar refractivity (Wildman–Crippen MR) is 89.6 cm³/mol. The highest BCUT2D eigenvalue weighted by Gasteiger charge is 2.32. The van der Waals surface area contributed by atoms with Crippen LogP contribution in [0.3, 0.4) is 0 Å². The number of allylic oxidation sites excluding steroid dienone is 1. The summed E-state index contributed by atoms with van der Waals surface area (Å²) in [5.41, 5.74) is 1.22. The van der Waals surface area contributed by atoms with Gasteiger partial charge in [-0.3, -0.25) is 0 Å². The fourth-order valence-electron chi connectivity index (χ4n) is 3.29. The number of alkyl halides is 3. The predicted octanol–water partition coefficient (Wildman–Crippen LogP) is 6.80.